The first-order valence-corrected chi connectivity index (χ1v) is 9.13. The summed E-state index contributed by atoms with van der Waals surface area (Å²) in [5.74, 6) is 0.0819. The van der Waals surface area contributed by atoms with Crippen LogP contribution in [-0.2, 0) is 4.79 Å². The van der Waals surface area contributed by atoms with Gasteiger partial charge >= 0.3 is 0 Å². The van der Waals surface area contributed by atoms with Crippen molar-refractivity contribution in [2.24, 2.45) is 0 Å². The van der Waals surface area contributed by atoms with Crippen molar-refractivity contribution in [3.8, 4) is 11.4 Å². The summed E-state index contributed by atoms with van der Waals surface area (Å²) in [6.07, 6.45) is 0. The van der Waals surface area contributed by atoms with Crippen molar-refractivity contribution in [3.05, 3.63) is 52.5 Å². The highest BCUT2D eigenvalue weighted by atomic mass is 32.2. The Hall–Kier alpha value is -2.19. The van der Waals surface area contributed by atoms with E-state index in [0.717, 1.165) is 4.88 Å². The molecule has 2 heterocycles. The summed E-state index contributed by atoms with van der Waals surface area (Å²) in [6.45, 7) is 1.94. The van der Waals surface area contributed by atoms with Crippen LogP contribution in [0.25, 0.3) is 11.4 Å². The fourth-order valence-corrected chi connectivity index (χ4v) is 3.45. The minimum absolute atomic E-state index is 0.0285. The molecule has 8 heteroatoms. The van der Waals surface area contributed by atoms with Crippen LogP contribution in [0.5, 0.6) is 0 Å². The molecule has 3 rings (SSSR count). The van der Waals surface area contributed by atoms with Crippen LogP contribution < -0.4 is 5.32 Å². The van der Waals surface area contributed by atoms with Gasteiger partial charge in [0.1, 0.15) is 5.82 Å². The molecule has 0 aliphatic carbocycles. The maximum atomic E-state index is 13.7. The number of aromatic amines is 1. The largest absolute Gasteiger partial charge is 0.348 e. The van der Waals surface area contributed by atoms with Gasteiger partial charge in [-0.25, -0.2) is 9.37 Å². The van der Waals surface area contributed by atoms with Crippen LogP contribution in [0.1, 0.15) is 17.8 Å². The zero-order valence-corrected chi connectivity index (χ0v) is 14.5. The lowest BCUT2D eigenvalue weighted by Crippen LogP contribution is -2.27. The van der Waals surface area contributed by atoms with Gasteiger partial charge in [0.2, 0.25) is 11.1 Å². The van der Waals surface area contributed by atoms with E-state index in [1.54, 1.807) is 29.5 Å². The van der Waals surface area contributed by atoms with Gasteiger partial charge in [-0.15, -0.1) is 16.4 Å². The summed E-state index contributed by atoms with van der Waals surface area (Å²) in [5.41, 5.74) is 0.354. The number of nitrogens with zero attached hydrogens (tertiary/aromatic N) is 2. The zero-order chi connectivity index (χ0) is 16.9. The van der Waals surface area contributed by atoms with Gasteiger partial charge in [0.15, 0.2) is 5.82 Å². The third kappa shape index (κ3) is 4.01. The molecule has 2 aromatic heterocycles. The number of thioether (sulfide) groups is 1. The van der Waals surface area contributed by atoms with Crippen LogP contribution in [0.4, 0.5) is 4.39 Å². The number of halogens is 1. The van der Waals surface area contributed by atoms with Gasteiger partial charge in [0.25, 0.3) is 0 Å². The van der Waals surface area contributed by atoms with E-state index in [1.165, 1.54) is 17.8 Å². The van der Waals surface area contributed by atoms with Crippen LogP contribution in [0.2, 0.25) is 0 Å². The molecule has 3 aromatic rings. The molecule has 0 spiro atoms. The highest BCUT2D eigenvalue weighted by Crippen LogP contribution is 2.22. The lowest BCUT2D eigenvalue weighted by molar-refractivity contribution is -0.119. The van der Waals surface area contributed by atoms with Gasteiger partial charge in [-0.1, -0.05) is 30.0 Å². The molecular weight excluding hydrogens is 347 g/mol. The molecule has 0 radical (unpaired) electrons. The van der Waals surface area contributed by atoms with Gasteiger partial charge in [-0.05, 0) is 30.5 Å². The summed E-state index contributed by atoms with van der Waals surface area (Å²) >= 11 is 2.81. The van der Waals surface area contributed by atoms with E-state index in [1.807, 2.05) is 24.4 Å². The quantitative estimate of drug-likeness (QED) is 0.657. The number of carbonyl (C=O) groups excluding carboxylic acids is 1. The molecule has 1 atom stereocenters. The van der Waals surface area contributed by atoms with Crippen molar-refractivity contribution >= 4 is 29.0 Å². The van der Waals surface area contributed by atoms with Crippen LogP contribution >= 0.6 is 23.1 Å². The van der Waals surface area contributed by atoms with Gasteiger partial charge in [-0.3, -0.25) is 9.89 Å². The van der Waals surface area contributed by atoms with E-state index in [4.69, 9.17) is 0 Å². The average molecular weight is 362 g/mol. The molecule has 0 fully saturated rings. The summed E-state index contributed by atoms with van der Waals surface area (Å²) < 4.78 is 13.7. The molecule has 0 saturated carbocycles. The van der Waals surface area contributed by atoms with E-state index in [-0.39, 0.29) is 23.5 Å². The Labute approximate surface area is 146 Å². The minimum atomic E-state index is -0.368. The average Bonchev–Trinajstić information content (AvgIpc) is 3.25. The monoisotopic (exact) mass is 362 g/mol. The lowest BCUT2D eigenvalue weighted by atomic mass is 10.2. The van der Waals surface area contributed by atoms with Crippen LogP contribution in [0.3, 0.4) is 0 Å². The molecule has 0 bridgehead atoms. The normalized spacial score (nSPS) is 12.1. The third-order valence-electron chi connectivity index (χ3n) is 3.27. The van der Waals surface area contributed by atoms with E-state index < -0.39 is 0 Å². The molecule has 1 aromatic carbocycles. The first-order chi connectivity index (χ1) is 11.6. The van der Waals surface area contributed by atoms with E-state index in [2.05, 4.69) is 20.5 Å². The highest BCUT2D eigenvalue weighted by molar-refractivity contribution is 7.99. The lowest BCUT2D eigenvalue weighted by Gasteiger charge is -2.11. The second kappa shape index (κ2) is 7.59. The van der Waals surface area contributed by atoms with Crippen molar-refractivity contribution in [1.82, 2.24) is 20.5 Å². The molecule has 2 N–H and O–H groups in total. The third-order valence-corrected chi connectivity index (χ3v) is 5.18. The van der Waals surface area contributed by atoms with Crippen molar-refractivity contribution in [2.75, 3.05) is 5.75 Å². The van der Waals surface area contributed by atoms with Crippen molar-refractivity contribution in [1.29, 1.82) is 0 Å². The number of H-pyrrole nitrogens is 1. The summed E-state index contributed by atoms with van der Waals surface area (Å²) in [5, 5.41) is 12.0. The smallest absolute Gasteiger partial charge is 0.230 e. The van der Waals surface area contributed by atoms with Gasteiger partial charge in [0.05, 0.1) is 17.4 Å². The van der Waals surface area contributed by atoms with Gasteiger partial charge < -0.3 is 5.32 Å². The van der Waals surface area contributed by atoms with Crippen molar-refractivity contribution in [2.45, 2.75) is 18.1 Å². The zero-order valence-electron chi connectivity index (χ0n) is 12.8. The molecular formula is C16H15FN4OS2. The van der Waals surface area contributed by atoms with Gasteiger partial charge in [-0.2, -0.15) is 0 Å². The number of hydrogen-bond acceptors (Lipinski definition) is 5. The maximum Gasteiger partial charge on any atom is 0.230 e. The molecule has 1 amide bonds. The molecule has 24 heavy (non-hydrogen) atoms. The molecule has 0 aliphatic rings. The Morgan fingerprint density at radius 1 is 1.38 bits per heavy atom. The van der Waals surface area contributed by atoms with Gasteiger partial charge in [0, 0.05) is 4.88 Å². The predicted molar refractivity (Wildman–Crippen MR) is 93.4 cm³/mol. The topological polar surface area (TPSA) is 70.7 Å². The molecule has 0 aliphatic heterocycles. The molecule has 5 nitrogen and oxygen atoms in total. The second-order valence-corrected chi connectivity index (χ2v) is 6.96. The number of carbonyl (C=O) groups is 1. The maximum absolute atomic E-state index is 13.7. The Bertz CT molecular complexity index is 819. The van der Waals surface area contributed by atoms with Crippen LogP contribution in [0, 0.1) is 5.82 Å². The highest BCUT2D eigenvalue weighted by Gasteiger charge is 2.13. The molecule has 124 valence electrons. The number of amides is 1. The molecule has 1 unspecified atom stereocenters. The molecule has 0 saturated heterocycles. The number of aromatic nitrogens is 3. The van der Waals surface area contributed by atoms with Crippen LogP contribution in [-0.4, -0.2) is 26.8 Å². The van der Waals surface area contributed by atoms with Crippen LogP contribution in [0.15, 0.2) is 46.9 Å². The number of benzene rings is 1. The Morgan fingerprint density at radius 2 is 2.21 bits per heavy atom. The SMILES string of the molecule is CC(NC(=O)CSc1n[nH]c(-c2ccccc2F)n1)c1cccs1. The van der Waals surface area contributed by atoms with E-state index in [9.17, 15) is 9.18 Å². The minimum Gasteiger partial charge on any atom is -0.348 e. The Balaban J connectivity index is 1.56. The summed E-state index contributed by atoms with van der Waals surface area (Å²) in [6, 6.07) is 10.2. The summed E-state index contributed by atoms with van der Waals surface area (Å²) in [7, 11) is 0. The fraction of sp³-hybridized carbons (Fsp3) is 0.188. The standard InChI is InChI=1S/C16H15FN4OS2/c1-10(13-7-4-8-23-13)18-14(22)9-24-16-19-15(20-21-16)11-5-2-3-6-12(11)17/h2-8,10H,9H2,1H3,(H,18,22)(H,19,20,21). The first-order valence-electron chi connectivity index (χ1n) is 7.26. The van der Waals surface area contributed by atoms with E-state index >= 15 is 0 Å². The second-order valence-electron chi connectivity index (χ2n) is 5.04. The predicted octanol–water partition coefficient (Wildman–Crippen LogP) is 3.64. The van der Waals surface area contributed by atoms with E-state index in [0.29, 0.717) is 16.5 Å². The number of nitrogens with one attached hydrogen (secondary N) is 2. The Morgan fingerprint density at radius 3 is 2.96 bits per heavy atom. The number of rotatable bonds is 6. The van der Waals surface area contributed by atoms with Crippen molar-refractivity contribution in [3.63, 3.8) is 0 Å². The van der Waals surface area contributed by atoms with Crippen molar-refractivity contribution < 1.29 is 9.18 Å². The first kappa shape index (κ1) is 16.7. The number of hydrogen-bond donors (Lipinski definition) is 2. The summed E-state index contributed by atoms with van der Waals surface area (Å²) in [4.78, 5) is 17.3. The number of thiophene rings is 1. The Kier molecular flexibility index (Phi) is 5.27. The fourth-order valence-electron chi connectivity index (χ4n) is 2.11.